The fourth-order valence-electron chi connectivity index (χ4n) is 2.18. The average molecular weight is 243 g/mol. The van der Waals surface area contributed by atoms with Gasteiger partial charge in [-0.3, -0.25) is 4.68 Å². The van der Waals surface area contributed by atoms with Crippen LogP contribution in [0.15, 0.2) is 42.6 Å². The summed E-state index contributed by atoms with van der Waals surface area (Å²) >= 11 is 0. The minimum Gasteiger partial charge on any atom is -0.309 e. The smallest absolute Gasteiger partial charge is 0.0793 e. The molecular formula is C15H21N3. The van der Waals surface area contributed by atoms with Crippen LogP contribution in [-0.4, -0.2) is 16.3 Å². The van der Waals surface area contributed by atoms with Crippen molar-refractivity contribution in [1.29, 1.82) is 0 Å². The molecule has 3 nitrogen and oxygen atoms in total. The molecule has 0 saturated heterocycles. The minimum atomic E-state index is 0.344. The molecule has 0 bridgehead atoms. The third-order valence-corrected chi connectivity index (χ3v) is 3.11. The third-order valence-electron chi connectivity index (χ3n) is 3.11. The van der Waals surface area contributed by atoms with E-state index >= 15 is 0 Å². The quantitative estimate of drug-likeness (QED) is 0.845. The highest BCUT2D eigenvalue weighted by atomic mass is 15.3. The predicted octanol–water partition coefficient (Wildman–Crippen LogP) is 2.70. The van der Waals surface area contributed by atoms with E-state index in [0.29, 0.717) is 6.04 Å². The first-order chi connectivity index (χ1) is 8.79. The number of nitrogens with one attached hydrogen (secondary N) is 1. The van der Waals surface area contributed by atoms with Crippen molar-refractivity contribution in [3.8, 4) is 0 Å². The van der Waals surface area contributed by atoms with Gasteiger partial charge in [-0.15, -0.1) is 0 Å². The molecule has 18 heavy (non-hydrogen) atoms. The van der Waals surface area contributed by atoms with Crippen molar-refractivity contribution in [3.63, 3.8) is 0 Å². The molecule has 3 heteroatoms. The summed E-state index contributed by atoms with van der Waals surface area (Å²) in [6.07, 6.45) is 4.16. The number of hydrogen-bond donors (Lipinski definition) is 1. The van der Waals surface area contributed by atoms with Crippen molar-refractivity contribution in [2.75, 3.05) is 6.54 Å². The molecular weight excluding hydrogens is 222 g/mol. The van der Waals surface area contributed by atoms with Gasteiger partial charge in [0.2, 0.25) is 0 Å². The van der Waals surface area contributed by atoms with E-state index in [1.165, 1.54) is 5.56 Å². The van der Waals surface area contributed by atoms with Gasteiger partial charge in [0.15, 0.2) is 0 Å². The molecule has 2 aromatic rings. The Kier molecular flexibility index (Phi) is 4.53. The van der Waals surface area contributed by atoms with E-state index in [1.54, 1.807) is 0 Å². The van der Waals surface area contributed by atoms with E-state index in [9.17, 15) is 0 Å². The maximum absolute atomic E-state index is 4.50. The zero-order chi connectivity index (χ0) is 12.8. The second-order valence-electron chi connectivity index (χ2n) is 4.55. The Morgan fingerprint density at radius 1 is 1.22 bits per heavy atom. The maximum Gasteiger partial charge on any atom is 0.0793 e. The van der Waals surface area contributed by atoms with Crippen molar-refractivity contribution < 1.29 is 0 Å². The molecule has 0 amide bonds. The third kappa shape index (κ3) is 3.44. The molecule has 1 atom stereocenters. The fourth-order valence-corrected chi connectivity index (χ4v) is 2.18. The van der Waals surface area contributed by atoms with Gasteiger partial charge in [-0.1, -0.05) is 37.3 Å². The summed E-state index contributed by atoms with van der Waals surface area (Å²) in [6.45, 7) is 3.11. The van der Waals surface area contributed by atoms with Crippen LogP contribution >= 0.6 is 0 Å². The second-order valence-corrected chi connectivity index (χ2v) is 4.55. The summed E-state index contributed by atoms with van der Waals surface area (Å²) in [7, 11) is 1.96. The van der Waals surface area contributed by atoms with Gasteiger partial charge in [-0.05, 0) is 31.0 Å². The summed E-state index contributed by atoms with van der Waals surface area (Å²) in [6, 6.07) is 13.1. The minimum absolute atomic E-state index is 0.344. The van der Waals surface area contributed by atoms with E-state index in [0.717, 1.165) is 25.1 Å². The number of nitrogens with zero attached hydrogens (tertiary/aromatic N) is 2. The Balaban J connectivity index is 1.98. The molecule has 0 spiro atoms. The highest BCUT2D eigenvalue weighted by molar-refractivity contribution is 5.15. The molecule has 0 aliphatic carbocycles. The lowest BCUT2D eigenvalue weighted by atomic mass is 10.0. The van der Waals surface area contributed by atoms with Crippen molar-refractivity contribution in [1.82, 2.24) is 15.1 Å². The molecule has 2 rings (SSSR count). The lowest BCUT2D eigenvalue weighted by Gasteiger charge is -2.15. The van der Waals surface area contributed by atoms with E-state index in [2.05, 4.69) is 53.7 Å². The molecule has 1 N–H and O–H groups in total. The van der Waals surface area contributed by atoms with Gasteiger partial charge in [-0.2, -0.15) is 5.10 Å². The van der Waals surface area contributed by atoms with Gasteiger partial charge >= 0.3 is 0 Å². The number of aromatic nitrogens is 2. The van der Waals surface area contributed by atoms with Crippen LogP contribution in [0, 0.1) is 0 Å². The Morgan fingerprint density at radius 2 is 2.00 bits per heavy atom. The molecule has 0 aliphatic rings. The maximum atomic E-state index is 4.50. The zero-order valence-electron chi connectivity index (χ0n) is 11.1. The second kappa shape index (κ2) is 6.36. The largest absolute Gasteiger partial charge is 0.309 e. The van der Waals surface area contributed by atoms with E-state index in [-0.39, 0.29) is 0 Å². The first-order valence-electron chi connectivity index (χ1n) is 6.56. The van der Waals surface area contributed by atoms with Crippen LogP contribution in [-0.2, 0) is 13.5 Å². The zero-order valence-corrected chi connectivity index (χ0v) is 11.1. The Bertz CT molecular complexity index is 462. The van der Waals surface area contributed by atoms with Crippen LogP contribution in [0.1, 0.15) is 30.6 Å². The van der Waals surface area contributed by atoms with Crippen LogP contribution in [0.4, 0.5) is 0 Å². The summed E-state index contributed by atoms with van der Waals surface area (Å²) in [5, 5.41) is 8.00. The fraction of sp³-hybridized carbons (Fsp3) is 0.400. The first-order valence-corrected chi connectivity index (χ1v) is 6.56. The monoisotopic (exact) mass is 243 g/mol. The standard InChI is InChI=1S/C15H21N3/c1-3-16-14(15-11-12-18(2)17-15)10-9-13-7-5-4-6-8-13/h4-8,11-12,14,16H,3,9-10H2,1-2H3. The van der Waals surface area contributed by atoms with Crippen LogP contribution in [0.3, 0.4) is 0 Å². The Hall–Kier alpha value is -1.61. The SMILES string of the molecule is CCNC(CCc1ccccc1)c1ccn(C)n1. The molecule has 1 unspecified atom stereocenters. The highest BCUT2D eigenvalue weighted by Crippen LogP contribution is 2.17. The average Bonchev–Trinajstić information content (AvgIpc) is 2.82. The summed E-state index contributed by atoms with van der Waals surface area (Å²) in [5.74, 6) is 0. The number of aryl methyl sites for hydroxylation is 2. The number of hydrogen-bond acceptors (Lipinski definition) is 2. The normalized spacial score (nSPS) is 12.6. The van der Waals surface area contributed by atoms with Gasteiger partial charge in [0.1, 0.15) is 0 Å². The molecule has 0 fully saturated rings. The molecule has 0 saturated carbocycles. The van der Waals surface area contributed by atoms with E-state index < -0.39 is 0 Å². The van der Waals surface area contributed by atoms with E-state index in [1.807, 2.05) is 17.9 Å². The van der Waals surface area contributed by atoms with Gasteiger partial charge < -0.3 is 5.32 Å². The molecule has 0 aliphatic heterocycles. The van der Waals surface area contributed by atoms with Gasteiger partial charge in [0, 0.05) is 13.2 Å². The van der Waals surface area contributed by atoms with Gasteiger partial charge in [0.05, 0.1) is 11.7 Å². The summed E-state index contributed by atoms with van der Waals surface area (Å²) in [5.41, 5.74) is 2.52. The Labute approximate surface area is 109 Å². The van der Waals surface area contributed by atoms with Crippen molar-refractivity contribution >= 4 is 0 Å². The van der Waals surface area contributed by atoms with Gasteiger partial charge in [0.25, 0.3) is 0 Å². The Morgan fingerprint density at radius 3 is 2.61 bits per heavy atom. The van der Waals surface area contributed by atoms with Crippen LogP contribution in [0.25, 0.3) is 0 Å². The van der Waals surface area contributed by atoms with E-state index in [4.69, 9.17) is 0 Å². The first kappa shape index (κ1) is 12.8. The highest BCUT2D eigenvalue weighted by Gasteiger charge is 2.12. The molecule has 1 heterocycles. The lowest BCUT2D eigenvalue weighted by Crippen LogP contribution is -2.22. The van der Waals surface area contributed by atoms with Crippen molar-refractivity contribution in [3.05, 3.63) is 53.9 Å². The summed E-state index contributed by atoms with van der Waals surface area (Å²) < 4.78 is 1.86. The summed E-state index contributed by atoms with van der Waals surface area (Å²) in [4.78, 5) is 0. The van der Waals surface area contributed by atoms with Crippen LogP contribution in [0.5, 0.6) is 0 Å². The molecule has 1 aromatic carbocycles. The van der Waals surface area contributed by atoms with Crippen LogP contribution < -0.4 is 5.32 Å². The molecule has 1 aromatic heterocycles. The van der Waals surface area contributed by atoms with Gasteiger partial charge in [-0.25, -0.2) is 0 Å². The lowest BCUT2D eigenvalue weighted by molar-refractivity contribution is 0.497. The topological polar surface area (TPSA) is 29.9 Å². The number of rotatable bonds is 6. The predicted molar refractivity (Wildman–Crippen MR) is 74.4 cm³/mol. The van der Waals surface area contributed by atoms with Crippen molar-refractivity contribution in [2.24, 2.45) is 7.05 Å². The molecule has 96 valence electrons. The van der Waals surface area contributed by atoms with Crippen molar-refractivity contribution in [2.45, 2.75) is 25.8 Å². The molecule has 0 radical (unpaired) electrons. The number of benzene rings is 1. The van der Waals surface area contributed by atoms with Crippen LogP contribution in [0.2, 0.25) is 0 Å².